The topological polar surface area (TPSA) is 174 Å². The number of esters is 1. The first-order chi connectivity index (χ1) is 18.3. The van der Waals surface area contributed by atoms with Gasteiger partial charge in [-0.25, -0.2) is 14.6 Å². The van der Waals surface area contributed by atoms with Crippen molar-refractivity contribution in [2.75, 3.05) is 27.8 Å². The Morgan fingerprint density at radius 2 is 1.45 bits per heavy atom. The van der Waals surface area contributed by atoms with Gasteiger partial charge in [0.2, 0.25) is 11.9 Å². The Morgan fingerprint density at radius 3 is 1.88 bits per heavy atom. The number of ketones is 1. The Kier molecular flexibility index (Phi) is 13.0. The molecule has 4 atom stereocenters. The van der Waals surface area contributed by atoms with Gasteiger partial charge in [0, 0.05) is 32.9 Å². The van der Waals surface area contributed by atoms with E-state index in [1.54, 1.807) is 48.6 Å². The molecule has 0 aromatic carbocycles. The van der Waals surface area contributed by atoms with Gasteiger partial charge in [-0.2, -0.15) is 5.06 Å². The maximum Gasteiger partial charge on any atom is 0.414 e. The number of hydrogen-bond donors (Lipinski definition) is 3. The molecule has 1 aliphatic rings. The predicted octanol–water partition coefficient (Wildman–Crippen LogP) is 1.92. The Hall–Kier alpha value is -3.26. The predicted molar refractivity (Wildman–Crippen MR) is 145 cm³/mol. The third-order valence-electron chi connectivity index (χ3n) is 5.76. The van der Waals surface area contributed by atoms with Crippen molar-refractivity contribution in [3.05, 3.63) is 0 Å². The summed E-state index contributed by atoms with van der Waals surface area (Å²) in [6.07, 6.45) is -1.43. The number of guanidine groups is 1. The molecule has 3 N–H and O–H groups in total. The molecule has 0 aliphatic heterocycles. The molecule has 0 aromatic heterocycles. The molecule has 0 bridgehead atoms. The summed E-state index contributed by atoms with van der Waals surface area (Å²) in [4.78, 5) is 72.6. The highest BCUT2D eigenvalue weighted by molar-refractivity contribution is 6.01. The van der Waals surface area contributed by atoms with E-state index in [0.29, 0.717) is 0 Å². The molecule has 3 amide bonds. The summed E-state index contributed by atoms with van der Waals surface area (Å²) >= 11 is 0. The van der Waals surface area contributed by atoms with Gasteiger partial charge in [0.25, 0.3) is 0 Å². The Morgan fingerprint density at radius 1 is 0.925 bits per heavy atom. The minimum Gasteiger partial charge on any atom is -0.469 e. The van der Waals surface area contributed by atoms with Crippen molar-refractivity contribution in [1.29, 1.82) is 0 Å². The van der Waals surface area contributed by atoms with E-state index in [4.69, 9.17) is 19.0 Å². The second kappa shape index (κ2) is 14.9. The maximum absolute atomic E-state index is 13.3. The fraction of sp³-hybridized carbons (Fsp3) is 0.769. The smallest absolute Gasteiger partial charge is 0.414 e. The van der Waals surface area contributed by atoms with Crippen LogP contribution in [0.25, 0.3) is 0 Å². The van der Waals surface area contributed by atoms with E-state index in [2.05, 4.69) is 20.9 Å². The summed E-state index contributed by atoms with van der Waals surface area (Å²) in [5, 5.41) is 9.00. The SMILES string of the molecule is COC(=O)C1C[C@H](N=C(NC(=O)OC(C)(C)C)NC(=O)OC(C)(C)C)[C@H](C(NC(C)=O)C(=O)CCN(C)OC)C1. The zero-order valence-electron chi connectivity index (χ0n) is 25.2. The lowest BCUT2D eigenvalue weighted by Crippen LogP contribution is -2.50. The van der Waals surface area contributed by atoms with Crippen molar-refractivity contribution in [2.24, 2.45) is 16.8 Å². The van der Waals surface area contributed by atoms with Gasteiger partial charge >= 0.3 is 18.2 Å². The van der Waals surface area contributed by atoms with Crippen LogP contribution in [-0.2, 0) is 33.4 Å². The largest absolute Gasteiger partial charge is 0.469 e. The zero-order valence-corrected chi connectivity index (χ0v) is 25.2. The molecule has 0 heterocycles. The molecule has 2 unspecified atom stereocenters. The second-order valence-electron chi connectivity index (χ2n) is 11.6. The number of carbonyl (C=O) groups excluding carboxylic acids is 5. The van der Waals surface area contributed by atoms with Crippen molar-refractivity contribution in [3.63, 3.8) is 0 Å². The number of Topliss-reactive ketones (excluding diaryl/α,β-unsaturated/α-hetero) is 1. The monoisotopic (exact) mass is 571 g/mol. The van der Waals surface area contributed by atoms with Crippen LogP contribution in [0, 0.1) is 11.8 Å². The molecule has 0 radical (unpaired) electrons. The number of methoxy groups -OCH3 is 1. The van der Waals surface area contributed by atoms with Crippen molar-refractivity contribution >= 4 is 35.8 Å². The highest BCUT2D eigenvalue weighted by atomic mass is 16.7. The van der Waals surface area contributed by atoms with Crippen LogP contribution in [0.5, 0.6) is 0 Å². The minimum atomic E-state index is -1.00. The maximum atomic E-state index is 13.3. The molecule has 0 aromatic rings. The van der Waals surface area contributed by atoms with Crippen LogP contribution in [0.4, 0.5) is 9.59 Å². The second-order valence-corrected chi connectivity index (χ2v) is 11.6. The standard InChI is InChI=1S/C26H45N5O9/c1-15(32)27-20(19(33)11-12-31(8)38-10)17-13-16(21(34)37-9)14-18(17)28-22(29-23(35)39-25(2,3)4)30-24(36)40-26(5,6)7/h16-18,20H,11-14H2,1-10H3,(H,27,32)(H2,28,29,30,35,36)/t16?,17-,18+,20?/m1/s1. The highest BCUT2D eigenvalue weighted by Crippen LogP contribution is 2.37. The molecule has 1 aliphatic carbocycles. The molecule has 1 saturated carbocycles. The van der Waals surface area contributed by atoms with E-state index in [-0.39, 0.29) is 37.6 Å². The Bertz CT molecular complexity index is 923. The number of ether oxygens (including phenoxy) is 3. The van der Waals surface area contributed by atoms with E-state index in [1.807, 2.05) is 0 Å². The molecule has 14 nitrogen and oxygen atoms in total. The lowest BCUT2D eigenvalue weighted by atomic mass is 9.89. The molecule has 14 heteroatoms. The number of nitrogens with one attached hydrogen (secondary N) is 3. The van der Waals surface area contributed by atoms with Gasteiger partial charge in [0.1, 0.15) is 11.2 Å². The van der Waals surface area contributed by atoms with Gasteiger partial charge in [0.15, 0.2) is 5.78 Å². The number of amides is 3. The molecule has 0 spiro atoms. The van der Waals surface area contributed by atoms with Crippen LogP contribution in [0.15, 0.2) is 4.99 Å². The van der Waals surface area contributed by atoms with E-state index < -0.39 is 59.2 Å². The van der Waals surface area contributed by atoms with Crippen LogP contribution >= 0.6 is 0 Å². The average Bonchev–Trinajstić information content (AvgIpc) is 3.20. The van der Waals surface area contributed by atoms with Crippen molar-refractivity contribution in [3.8, 4) is 0 Å². The van der Waals surface area contributed by atoms with Crippen LogP contribution in [0.1, 0.15) is 67.7 Å². The minimum absolute atomic E-state index is 0.0459. The van der Waals surface area contributed by atoms with Crippen molar-refractivity contribution < 1.29 is 43.0 Å². The highest BCUT2D eigenvalue weighted by Gasteiger charge is 2.45. The number of rotatable bonds is 9. The van der Waals surface area contributed by atoms with Gasteiger partial charge in [-0.1, -0.05) is 0 Å². The fourth-order valence-corrected chi connectivity index (χ4v) is 4.14. The molecular weight excluding hydrogens is 526 g/mol. The summed E-state index contributed by atoms with van der Waals surface area (Å²) in [7, 11) is 4.38. The zero-order chi connectivity index (χ0) is 30.8. The van der Waals surface area contributed by atoms with Crippen LogP contribution < -0.4 is 16.0 Å². The van der Waals surface area contributed by atoms with Gasteiger partial charge < -0.3 is 24.4 Å². The number of alkyl carbamates (subject to hydrolysis) is 2. The first kappa shape index (κ1) is 34.8. The average molecular weight is 572 g/mol. The van der Waals surface area contributed by atoms with Gasteiger partial charge in [-0.15, -0.1) is 0 Å². The first-order valence-corrected chi connectivity index (χ1v) is 13.1. The molecule has 0 saturated heterocycles. The summed E-state index contributed by atoms with van der Waals surface area (Å²) in [5.41, 5.74) is -1.68. The number of carbonyl (C=O) groups is 5. The van der Waals surface area contributed by atoms with Crippen LogP contribution in [0.3, 0.4) is 0 Å². The van der Waals surface area contributed by atoms with E-state index in [0.717, 1.165) is 0 Å². The Balaban J connectivity index is 3.46. The summed E-state index contributed by atoms with van der Waals surface area (Å²) in [5.74, 6) is -2.84. The summed E-state index contributed by atoms with van der Waals surface area (Å²) in [6.45, 7) is 11.6. The first-order valence-electron chi connectivity index (χ1n) is 13.1. The number of aliphatic imine (C=N–C) groups is 1. The third-order valence-corrected chi connectivity index (χ3v) is 5.76. The molecule has 228 valence electrons. The van der Waals surface area contributed by atoms with Gasteiger partial charge in [-0.3, -0.25) is 25.0 Å². The number of nitrogens with zero attached hydrogens (tertiary/aromatic N) is 2. The molecule has 40 heavy (non-hydrogen) atoms. The summed E-state index contributed by atoms with van der Waals surface area (Å²) in [6, 6.07) is -1.79. The molecule has 1 rings (SSSR count). The number of hydroxylamine groups is 2. The van der Waals surface area contributed by atoms with Crippen LogP contribution in [-0.4, -0.2) is 92.0 Å². The van der Waals surface area contributed by atoms with Crippen LogP contribution in [0.2, 0.25) is 0 Å². The lowest BCUT2D eigenvalue weighted by Gasteiger charge is -2.28. The quantitative estimate of drug-likeness (QED) is 0.122. The normalized spacial score (nSPS) is 19.7. The lowest BCUT2D eigenvalue weighted by molar-refractivity contribution is -0.145. The van der Waals surface area contributed by atoms with Crippen molar-refractivity contribution in [2.45, 2.75) is 91.0 Å². The van der Waals surface area contributed by atoms with E-state index in [1.165, 1.54) is 26.2 Å². The fourth-order valence-electron chi connectivity index (χ4n) is 4.14. The third kappa shape index (κ3) is 12.7. The summed E-state index contributed by atoms with van der Waals surface area (Å²) < 4.78 is 15.5. The number of hydrogen-bond acceptors (Lipinski definition) is 11. The Labute approximate surface area is 235 Å². The van der Waals surface area contributed by atoms with E-state index in [9.17, 15) is 24.0 Å². The molecule has 1 fully saturated rings. The van der Waals surface area contributed by atoms with Crippen molar-refractivity contribution in [1.82, 2.24) is 21.0 Å². The molecular formula is C26H45N5O9. The van der Waals surface area contributed by atoms with Gasteiger partial charge in [-0.05, 0) is 54.4 Å². The van der Waals surface area contributed by atoms with Gasteiger partial charge in [0.05, 0.1) is 32.2 Å². The van der Waals surface area contributed by atoms with E-state index >= 15 is 0 Å².